The minimum absolute atomic E-state index is 0.0539. The van der Waals surface area contributed by atoms with Gasteiger partial charge in [-0.3, -0.25) is 24.2 Å². The molecule has 4 rings (SSSR count). The Labute approximate surface area is 184 Å². The molecule has 2 aliphatic heterocycles. The Hall–Kier alpha value is -3.53. The Morgan fingerprint density at radius 1 is 1.28 bits per heavy atom. The molecule has 0 spiro atoms. The van der Waals surface area contributed by atoms with E-state index in [0.717, 1.165) is 12.1 Å². The van der Waals surface area contributed by atoms with E-state index in [-0.39, 0.29) is 48.3 Å². The molecule has 2 amide bonds. The summed E-state index contributed by atoms with van der Waals surface area (Å²) in [7, 11) is 0. The van der Waals surface area contributed by atoms with Crippen molar-refractivity contribution >= 4 is 18.3 Å². The number of carbonyl (C=O) groups excluding carboxylic acids is 2. The number of rotatable bonds is 4. The molecule has 32 heavy (non-hydrogen) atoms. The van der Waals surface area contributed by atoms with Crippen molar-refractivity contribution in [2.75, 3.05) is 19.6 Å². The fourth-order valence-corrected chi connectivity index (χ4v) is 4.57. The van der Waals surface area contributed by atoms with E-state index in [0.29, 0.717) is 30.9 Å². The Morgan fingerprint density at radius 3 is 2.72 bits per heavy atom. The van der Waals surface area contributed by atoms with E-state index in [1.807, 2.05) is 6.07 Å². The lowest BCUT2D eigenvalue weighted by Gasteiger charge is -2.46. The molecule has 0 aliphatic carbocycles. The van der Waals surface area contributed by atoms with Crippen LogP contribution in [0, 0.1) is 5.92 Å². The third-order valence-corrected chi connectivity index (χ3v) is 5.87. The summed E-state index contributed by atoms with van der Waals surface area (Å²) >= 11 is 0. The maximum atomic E-state index is 13.1. The van der Waals surface area contributed by atoms with Gasteiger partial charge in [-0.25, -0.2) is 0 Å². The van der Waals surface area contributed by atoms with Crippen LogP contribution in [0.3, 0.4) is 0 Å². The Morgan fingerprint density at radius 2 is 2.03 bits per heavy atom. The van der Waals surface area contributed by atoms with Crippen molar-refractivity contribution in [3.8, 4) is 0 Å². The first-order chi connectivity index (χ1) is 15.4. The smallest absolute Gasteiger partial charge is 0.290 e. The fraction of sp³-hybridized carbons (Fsp3) is 0.409. The van der Waals surface area contributed by atoms with E-state index < -0.39 is 0 Å². The number of aliphatic hydroxyl groups excluding tert-OH is 1. The number of fused-ring (bicyclic) bond motifs is 4. The van der Waals surface area contributed by atoms with Crippen LogP contribution in [0.25, 0.3) is 0 Å². The predicted octanol–water partition coefficient (Wildman–Crippen LogP) is 0.373. The molecule has 2 aromatic heterocycles. The van der Waals surface area contributed by atoms with E-state index in [4.69, 9.17) is 9.90 Å². The van der Waals surface area contributed by atoms with Gasteiger partial charge in [0.05, 0.1) is 12.6 Å². The van der Waals surface area contributed by atoms with Gasteiger partial charge in [-0.2, -0.15) is 0 Å². The number of amides is 2. The van der Waals surface area contributed by atoms with Crippen molar-refractivity contribution in [3.63, 3.8) is 0 Å². The average Bonchev–Trinajstić information content (AvgIpc) is 2.79. The number of nitrogens with zero attached hydrogens (tertiary/aromatic N) is 3. The fourth-order valence-electron chi connectivity index (χ4n) is 4.57. The Balaban J connectivity index is 0.000000913. The molecular weight excluding hydrogens is 416 g/mol. The van der Waals surface area contributed by atoms with Gasteiger partial charge in [-0.15, -0.1) is 0 Å². The monoisotopic (exact) mass is 442 g/mol. The number of piperidine rings is 1. The van der Waals surface area contributed by atoms with Crippen LogP contribution in [0.5, 0.6) is 0 Å². The van der Waals surface area contributed by atoms with Crippen LogP contribution in [0.4, 0.5) is 0 Å². The van der Waals surface area contributed by atoms with Gasteiger partial charge in [-0.1, -0.05) is 6.07 Å². The van der Waals surface area contributed by atoms with E-state index in [1.54, 1.807) is 33.7 Å². The standard InChI is InChI=1S/C21H24N4O4.CH2O2/c1-13(27)23-9-19-16-8-15(18-3-2-4-20(28)25(18)19)10-24(11-16)21(29)17-7-14(12-26)5-6-22-17;2-1-3/h2-7,15-16,19,26H,8-12H2,1H3,(H,23,27);1H,(H,2,3)/t15-,16+,19+;/m1./s1. The molecule has 10 heteroatoms. The van der Waals surface area contributed by atoms with E-state index in [9.17, 15) is 19.5 Å². The van der Waals surface area contributed by atoms with Gasteiger partial charge < -0.3 is 25.0 Å². The number of carbonyl (C=O) groups is 3. The summed E-state index contributed by atoms with van der Waals surface area (Å²) in [5, 5.41) is 19.1. The molecule has 0 saturated carbocycles. The molecule has 0 aromatic carbocycles. The number of nitrogens with one attached hydrogen (secondary N) is 1. The third kappa shape index (κ3) is 4.86. The van der Waals surface area contributed by atoms with Crippen LogP contribution < -0.4 is 10.9 Å². The van der Waals surface area contributed by atoms with Gasteiger partial charge in [-0.05, 0) is 36.1 Å². The minimum atomic E-state index is -0.250. The van der Waals surface area contributed by atoms with Crippen molar-refractivity contribution in [2.45, 2.75) is 31.9 Å². The van der Waals surface area contributed by atoms with Gasteiger partial charge in [0.1, 0.15) is 5.69 Å². The first-order valence-electron chi connectivity index (χ1n) is 10.3. The number of carboxylic acid groups (broad SMARTS) is 1. The zero-order chi connectivity index (χ0) is 23.3. The van der Waals surface area contributed by atoms with Crippen LogP contribution in [0.2, 0.25) is 0 Å². The normalized spacial score (nSPS) is 20.9. The lowest BCUT2D eigenvalue weighted by atomic mass is 9.78. The number of hydrogen-bond donors (Lipinski definition) is 3. The molecule has 2 aliphatic rings. The number of pyridine rings is 2. The Bertz CT molecular complexity index is 1050. The molecule has 0 unspecified atom stereocenters. The summed E-state index contributed by atoms with van der Waals surface area (Å²) < 4.78 is 1.79. The summed E-state index contributed by atoms with van der Waals surface area (Å²) in [6.45, 7) is 2.41. The molecular formula is C22H26N4O6. The molecule has 3 atom stereocenters. The maximum absolute atomic E-state index is 13.1. The molecule has 2 bridgehead atoms. The average molecular weight is 442 g/mol. The van der Waals surface area contributed by atoms with Crippen LogP contribution in [-0.4, -0.2) is 62.6 Å². The summed E-state index contributed by atoms with van der Waals surface area (Å²) in [4.78, 5) is 51.5. The molecule has 4 heterocycles. The highest BCUT2D eigenvalue weighted by atomic mass is 16.3. The number of likely N-dealkylation sites (tertiary alicyclic amines) is 1. The quantitative estimate of drug-likeness (QED) is 0.581. The topological polar surface area (TPSA) is 142 Å². The van der Waals surface area contributed by atoms with Gasteiger partial charge in [0, 0.05) is 50.4 Å². The highest BCUT2D eigenvalue weighted by molar-refractivity contribution is 5.92. The third-order valence-electron chi connectivity index (χ3n) is 5.87. The molecule has 0 radical (unpaired) electrons. The zero-order valence-electron chi connectivity index (χ0n) is 17.7. The highest BCUT2D eigenvalue weighted by Gasteiger charge is 2.42. The molecule has 10 nitrogen and oxygen atoms in total. The largest absolute Gasteiger partial charge is 0.483 e. The molecule has 3 N–H and O–H groups in total. The summed E-state index contributed by atoms with van der Waals surface area (Å²) in [5.74, 6) is -0.217. The Kier molecular flexibility index (Phi) is 7.37. The zero-order valence-corrected chi connectivity index (χ0v) is 17.7. The summed E-state index contributed by atoms with van der Waals surface area (Å²) in [5.41, 5.74) is 1.77. The van der Waals surface area contributed by atoms with Crippen LogP contribution in [0.1, 0.15) is 47.1 Å². The number of aromatic nitrogens is 2. The van der Waals surface area contributed by atoms with Crippen molar-refractivity contribution < 1.29 is 24.6 Å². The van der Waals surface area contributed by atoms with Gasteiger partial charge in [0.15, 0.2) is 0 Å². The molecule has 1 fully saturated rings. The molecule has 170 valence electrons. The molecule has 2 aromatic rings. The number of hydrogen-bond acceptors (Lipinski definition) is 6. The van der Waals surface area contributed by atoms with Gasteiger partial charge >= 0.3 is 0 Å². The van der Waals surface area contributed by atoms with E-state index in [1.165, 1.54) is 13.1 Å². The van der Waals surface area contributed by atoms with Gasteiger partial charge in [0.2, 0.25) is 5.91 Å². The van der Waals surface area contributed by atoms with Crippen molar-refractivity contribution in [2.24, 2.45) is 5.92 Å². The predicted molar refractivity (Wildman–Crippen MR) is 114 cm³/mol. The lowest BCUT2D eigenvalue weighted by molar-refractivity contribution is -0.123. The molecule has 1 saturated heterocycles. The summed E-state index contributed by atoms with van der Waals surface area (Å²) in [6.07, 6.45) is 2.39. The van der Waals surface area contributed by atoms with E-state index >= 15 is 0 Å². The van der Waals surface area contributed by atoms with Crippen LogP contribution in [-0.2, 0) is 16.2 Å². The highest BCUT2D eigenvalue weighted by Crippen LogP contribution is 2.41. The second-order valence-electron chi connectivity index (χ2n) is 7.88. The van der Waals surface area contributed by atoms with Crippen LogP contribution >= 0.6 is 0 Å². The van der Waals surface area contributed by atoms with Crippen LogP contribution in [0.15, 0.2) is 41.3 Å². The van der Waals surface area contributed by atoms with Gasteiger partial charge in [0.25, 0.3) is 17.9 Å². The minimum Gasteiger partial charge on any atom is -0.483 e. The first-order valence-corrected chi connectivity index (χ1v) is 10.3. The van der Waals surface area contributed by atoms with Crippen molar-refractivity contribution in [3.05, 3.63) is 63.8 Å². The maximum Gasteiger partial charge on any atom is 0.290 e. The number of aliphatic hydroxyl groups is 1. The second-order valence-corrected chi connectivity index (χ2v) is 7.88. The summed E-state index contributed by atoms with van der Waals surface area (Å²) in [6, 6.07) is 8.30. The van der Waals surface area contributed by atoms with Crippen molar-refractivity contribution in [1.82, 2.24) is 19.8 Å². The first kappa shape index (κ1) is 23.1. The SMILES string of the molecule is CC(=O)NC[C@H]1[C@H]2C[C@H](CN(C(=O)c3cc(CO)ccn3)C2)c2cccc(=O)n21.O=CO. The van der Waals surface area contributed by atoms with E-state index in [2.05, 4.69) is 10.3 Å². The lowest BCUT2D eigenvalue weighted by Crippen LogP contribution is -2.53. The van der Waals surface area contributed by atoms with Crippen molar-refractivity contribution in [1.29, 1.82) is 0 Å². The second kappa shape index (κ2) is 10.2.